The molecule has 0 bridgehead atoms. The van der Waals surface area contributed by atoms with Gasteiger partial charge >= 0.3 is 0 Å². The molecule has 0 aromatic carbocycles. The first kappa shape index (κ1) is 8.69. The first-order chi connectivity index (χ1) is 6.42. The van der Waals surface area contributed by atoms with Crippen molar-refractivity contribution < 1.29 is 0 Å². The van der Waals surface area contributed by atoms with Crippen molar-refractivity contribution in [1.29, 1.82) is 0 Å². The molecule has 1 saturated carbocycles. The van der Waals surface area contributed by atoms with Gasteiger partial charge in [-0.25, -0.2) is 4.98 Å². The zero-order valence-electron chi connectivity index (χ0n) is 7.95. The summed E-state index contributed by atoms with van der Waals surface area (Å²) in [5.74, 6) is 1.72. The van der Waals surface area contributed by atoms with Crippen LogP contribution in [0, 0.1) is 5.92 Å². The average molecular weight is 180 g/mol. The fourth-order valence-corrected chi connectivity index (χ4v) is 2.25. The highest BCUT2D eigenvalue weighted by atomic mass is 15.2. The van der Waals surface area contributed by atoms with Crippen LogP contribution < -0.4 is 5.32 Å². The van der Waals surface area contributed by atoms with E-state index in [0.717, 1.165) is 11.7 Å². The first-order valence-corrected chi connectivity index (χ1v) is 4.94. The molecule has 4 nitrogen and oxygen atoms in total. The fourth-order valence-electron chi connectivity index (χ4n) is 2.25. The molecular formula is C9H16N4. The summed E-state index contributed by atoms with van der Waals surface area (Å²) >= 11 is 0. The van der Waals surface area contributed by atoms with Crippen LogP contribution >= 0.6 is 0 Å². The molecule has 1 unspecified atom stereocenters. The van der Waals surface area contributed by atoms with Crippen molar-refractivity contribution in [3.05, 3.63) is 12.2 Å². The van der Waals surface area contributed by atoms with E-state index < -0.39 is 0 Å². The van der Waals surface area contributed by atoms with Crippen molar-refractivity contribution in [1.82, 2.24) is 20.5 Å². The summed E-state index contributed by atoms with van der Waals surface area (Å²) in [5, 5.41) is 10.1. The number of H-pyrrole nitrogens is 1. The van der Waals surface area contributed by atoms with Crippen LogP contribution in [-0.4, -0.2) is 22.2 Å². The monoisotopic (exact) mass is 180 g/mol. The number of rotatable bonds is 3. The zero-order chi connectivity index (χ0) is 9.10. The minimum Gasteiger partial charge on any atom is -0.310 e. The Morgan fingerprint density at radius 2 is 2.31 bits per heavy atom. The quantitative estimate of drug-likeness (QED) is 0.736. The van der Waals surface area contributed by atoms with Crippen LogP contribution in [0.2, 0.25) is 0 Å². The van der Waals surface area contributed by atoms with Crippen LogP contribution in [0.1, 0.15) is 37.5 Å². The first-order valence-electron chi connectivity index (χ1n) is 4.94. The van der Waals surface area contributed by atoms with Crippen LogP contribution in [0.4, 0.5) is 0 Å². The van der Waals surface area contributed by atoms with Gasteiger partial charge in [-0.2, -0.15) is 5.10 Å². The zero-order valence-corrected chi connectivity index (χ0v) is 7.95. The van der Waals surface area contributed by atoms with Gasteiger partial charge in [-0.05, 0) is 25.8 Å². The Kier molecular flexibility index (Phi) is 2.59. The summed E-state index contributed by atoms with van der Waals surface area (Å²) in [4.78, 5) is 4.20. The second kappa shape index (κ2) is 3.87. The Labute approximate surface area is 78.1 Å². The predicted molar refractivity (Wildman–Crippen MR) is 50.1 cm³/mol. The van der Waals surface area contributed by atoms with Crippen LogP contribution in [0.25, 0.3) is 0 Å². The summed E-state index contributed by atoms with van der Waals surface area (Å²) in [6.07, 6.45) is 6.92. The molecule has 0 spiro atoms. The van der Waals surface area contributed by atoms with E-state index in [-0.39, 0.29) is 0 Å². The minimum absolute atomic E-state index is 0.366. The van der Waals surface area contributed by atoms with Gasteiger partial charge in [0.2, 0.25) is 0 Å². The highest BCUT2D eigenvalue weighted by Gasteiger charge is 2.26. The van der Waals surface area contributed by atoms with Gasteiger partial charge in [0.15, 0.2) is 0 Å². The molecule has 1 aliphatic rings. The molecular weight excluding hydrogens is 164 g/mol. The summed E-state index contributed by atoms with van der Waals surface area (Å²) in [7, 11) is 1.99. The fraction of sp³-hybridized carbons (Fsp3) is 0.778. The van der Waals surface area contributed by atoms with Gasteiger partial charge in [-0.1, -0.05) is 12.8 Å². The SMILES string of the molecule is CNC(c1ncn[nH]1)C1CCCC1. The van der Waals surface area contributed by atoms with Gasteiger partial charge < -0.3 is 5.32 Å². The summed E-state index contributed by atoms with van der Waals surface area (Å²) < 4.78 is 0. The molecule has 2 N–H and O–H groups in total. The number of aromatic nitrogens is 3. The molecule has 1 atom stereocenters. The summed E-state index contributed by atoms with van der Waals surface area (Å²) in [6.45, 7) is 0. The van der Waals surface area contributed by atoms with E-state index in [4.69, 9.17) is 0 Å². The lowest BCUT2D eigenvalue weighted by Gasteiger charge is -2.19. The Bertz CT molecular complexity index is 238. The molecule has 13 heavy (non-hydrogen) atoms. The van der Waals surface area contributed by atoms with E-state index >= 15 is 0 Å². The maximum Gasteiger partial charge on any atom is 0.141 e. The maximum atomic E-state index is 4.20. The van der Waals surface area contributed by atoms with Gasteiger partial charge in [0, 0.05) is 0 Å². The third-order valence-corrected chi connectivity index (χ3v) is 2.91. The molecule has 4 heteroatoms. The Morgan fingerprint density at radius 1 is 1.54 bits per heavy atom. The maximum absolute atomic E-state index is 4.20. The van der Waals surface area contributed by atoms with Crippen LogP contribution in [0.15, 0.2) is 6.33 Å². The minimum atomic E-state index is 0.366. The largest absolute Gasteiger partial charge is 0.310 e. The van der Waals surface area contributed by atoms with E-state index in [0.29, 0.717) is 6.04 Å². The lowest BCUT2D eigenvalue weighted by molar-refractivity contribution is 0.375. The third-order valence-electron chi connectivity index (χ3n) is 2.91. The van der Waals surface area contributed by atoms with Crippen molar-refractivity contribution in [2.75, 3.05) is 7.05 Å². The number of nitrogens with zero attached hydrogens (tertiary/aromatic N) is 2. The van der Waals surface area contributed by atoms with Crippen LogP contribution in [0.5, 0.6) is 0 Å². The molecule has 0 amide bonds. The molecule has 0 aliphatic heterocycles. The molecule has 1 heterocycles. The topological polar surface area (TPSA) is 53.6 Å². The molecule has 0 saturated heterocycles. The van der Waals surface area contributed by atoms with Crippen molar-refractivity contribution in [3.8, 4) is 0 Å². The van der Waals surface area contributed by atoms with E-state index in [9.17, 15) is 0 Å². The normalized spacial score (nSPS) is 20.7. The lowest BCUT2D eigenvalue weighted by Crippen LogP contribution is -2.24. The second-order valence-electron chi connectivity index (χ2n) is 3.68. The molecule has 0 radical (unpaired) electrons. The van der Waals surface area contributed by atoms with Gasteiger partial charge in [-0.15, -0.1) is 0 Å². The highest BCUT2D eigenvalue weighted by molar-refractivity contribution is 4.95. The highest BCUT2D eigenvalue weighted by Crippen LogP contribution is 2.33. The number of aromatic amines is 1. The van der Waals surface area contributed by atoms with Crippen LogP contribution in [-0.2, 0) is 0 Å². The van der Waals surface area contributed by atoms with Gasteiger partial charge in [0.05, 0.1) is 6.04 Å². The van der Waals surface area contributed by atoms with E-state index in [1.165, 1.54) is 25.7 Å². The van der Waals surface area contributed by atoms with Crippen LogP contribution in [0.3, 0.4) is 0 Å². The van der Waals surface area contributed by atoms with Crippen molar-refractivity contribution in [2.24, 2.45) is 5.92 Å². The van der Waals surface area contributed by atoms with Crippen molar-refractivity contribution in [3.63, 3.8) is 0 Å². The second-order valence-corrected chi connectivity index (χ2v) is 3.68. The summed E-state index contributed by atoms with van der Waals surface area (Å²) in [6, 6.07) is 0.366. The number of nitrogens with one attached hydrogen (secondary N) is 2. The average Bonchev–Trinajstić information content (AvgIpc) is 2.76. The Hall–Kier alpha value is -0.900. The number of hydrogen-bond acceptors (Lipinski definition) is 3. The lowest BCUT2D eigenvalue weighted by atomic mass is 9.98. The van der Waals surface area contributed by atoms with Gasteiger partial charge in [-0.3, -0.25) is 5.10 Å². The van der Waals surface area contributed by atoms with E-state index in [1.54, 1.807) is 6.33 Å². The number of hydrogen-bond donors (Lipinski definition) is 2. The van der Waals surface area contributed by atoms with Gasteiger partial charge in [0.1, 0.15) is 12.2 Å². The molecule has 1 fully saturated rings. The summed E-state index contributed by atoms with van der Waals surface area (Å²) in [5.41, 5.74) is 0. The van der Waals surface area contributed by atoms with Crippen molar-refractivity contribution >= 4 is 0 Å². The third kappa shape index (κ3) is 1.72. The van der Waals surface area contributed by atoms with E-state index in [1.807, 2.05) is 7.05 Å². The molecule has 1 aromatic rings. The molecule has 1 aliphatic carbocycles. The molecule has 1 aromatic heterocycles. The predicted octanol–water partition coefficient (Wildman–Crippen LogP) is 1.26. The Morgan fingerprint density at radius 3 is 2.85 bits per heavy atom. The standard InChI is InChI=1S/C9H16N4/c1-10-8(7-4-2-3-5-7)9-11-6-12-13-9/h6-8,10H,2-5H2,1H3,(H,11,12,13). The Balaban J connectivity index is 2.08. The van der Waals surface area contributed by atoms with Crippen molar-refractivity contribution in [2.45, 2.75) is 31.7 Å². The van der Waals surface area contributed by atoms with E-state index in [2.05, 4.69) is 20.5 Å². The molecule has 2 rings (SSSR count). The molecule has 72 valence electrons. The van der Waals surface area contributed by atoms with Gasteiger partial charge in [0.25, 0.3) is 0 Å². The smallest absolute Gasteiger partial charge is 0.141 e.